The van der Waals surface area contributed by atoms with E-state index in [1.165, 1.54) is 0 Å². The van der Waals surface area contributed by atoms with E-state index in [4.69, 9.17) is 19.2 Å². The molecule has 0 aromatic heterocycles. The third-order valence-electron chi connectivity index (χ3n) is 0. The zero-order chi connectivity index (χ0) is 4.50. The minimum absolute atomic E-state index is 0. The Balaban J connectivity index is -0.00000000533. The third kappa shape index (κ3) is 5660. The van der Waals surface area contributed by atoms with Crippen LogP contribution in [0.4, 0.5) is 23.5 Å². The Bertz CT molecular complexity index is 64.6. The van der Waals surface area contributed by atoms with Crippen LogP contribution >= 0.6 is 7.82 Å². The first-order valence-corrected chi connectivity index (χ1v) is 2.35. The number of rotatable bonds is 0. The van der Waals surface area contributed by atoms with E-state index in [9.17, 15) is 0 Å². The van der Waals surface area contributed by atoms with E-state index in [0.717, 1.165) is 0 Å². The van der Waals surface area contributed by atoms with Gasteiger partial charge >= 0.3 is 26.7 Å². The predicted molar refractivity (Wildman–Crippen MR) is 33.9 cm³/mol. The van der Waals surface area contributed by atoms with Gasteiger partial charge in [0.15, 0.2) is 0 Å². The van der Waals surface area contributed by atoms with Crippen LogP contribution in [0.25, 0.3) is 0 Å². The monoisotopic (exact) mass is 206 g/mol. The molecule has 0 saturated carbocycles. The summed E-state index contributed by atoms with van der Waals surface area (Å²) < 4.78 is 8.88. The summed E-state index contributed by atoms with van der Waals surface area (Å²) in [5.74, 6) is 0. The van der Waals surface area contributed by atoms with Crippen molar-refractivity contribution in [3.8, 4) is 0 Å². The first kappa shape index (κ1) is 64.2. The Kier molecular flexibility index (Phi) is 131. The first-order chi connectivity index (χ1) is 2.00. The van der Waals surface area contributed by atoms with Crippen LogP contribution in [-0.4, -0.2) is 33.5 Å². The Morgan fingerprint density at radius 3 is 0.727 bits per heavy atom. The van der Waals surface area contributed by atoms with Crippen LogP contribution < -0.4 is 0 Å². The Morgan fingerprint density at radius 2 is 0.727 bits per heavy atom. The van der Waals surface area contributed by atoms with Crippen LogP contribution in [0, 0.1) is 0 Å². The fourth-order valence-electron chi connectivity index (χ4n) is 0. The molecule has 0 saturated heterocycles. The summed E-state index contributed by atoms with van der Waals surface area (Å²) >= 11 is 0. The molecule has 0 unspecified atom stereocenters. The van der Waals surface area contributed by atoms with Gasteiger partial charge < -0.3 is 14.7 Å². The van der Waals surface area contributed by atoms with Gasteiger partial charge in [-0.15, -0.1) is 0 Å². The molecule has 0 bridgehead atoms. The van der Waals surface area contributed by atoms with Crippen LogP contribution in [0.3, 0.4) is 0 Å². The second kappa shape index (κ2) is 22.4. The number of hydrogen-bond acceptors (Lipinski definition) is 1. The van der Waals surface area contributed by atoms with Gasteiger partial charge in [0, 0.05) is 0 Å². The van der Waals surface area contributed by atoms with E-state index in [1.807, 2.05) is 0 Å². The van der Waals surface area contributed by atoms with Crippen molar-refractivity contribution in [2.24, 2.45) is 0 Å². The summed E-state index contributed by atoms with van der Waals surface area (Å²) in [6.07, 6.45) is 0. The molecule has 0 atom stereocenters. The fraction of sp³-hybridized carbons (Fsp3) is 0. The summed E-state index contributed by atoms with van der Waals surface area (Å²) in [6.45, 7) is 0. The maximum atomic E-state index is 8.88. The first-order valence-electron chi connectivity index (χ1n) is 0.783. The summed E-state index contributed by atoms with van der Waals surface area (Å²) in [5.41, 5.74) is 0. The Labute approximate surface area is 70.2 Å². The average molecular weight is 206 g/mol. The summed E-state index contributed by atoms with van der Waals surface area (Å²) in [6, 6.07) is 0. The van der Waals surface area contributed by atoms with Crippen LogP contribution in [0.1, 0.15) is 0 Å². The second-order valence-electron chi connectivity index (χ2n) is 0.513. The van der Waals surface area contributed by atoms with Gasteiger partial charge in [0.1, 0.15) is 0 Å². The van der Waals surface area contributed by atoms with Crippen molar-refractivity contribution in [3.05, 3.63) is 0 Å². The van der Waals surface area contributed by atoms with E-state index in [0.29, 0.717) is 0 Å². The Hall–Kier alpha value is 0.357. The SMILES string of the molecule is F.F.F.F.F.O=P(O)(O)O.[LiH]. The van der Waals surface area contributed by atoms with E-state index >= 15 is 0 Å². The Morgan fingerprint density at radius 1 is 0.727 bits per heavy atom. The van der Waals surface area contributed by atoms with Crippen molar-refractivity contribution >= 4 is 26.7 Å². The molecule has 0 rings (SSSR count). The molecule has 0 amide bonds. The fourth-order valence-corrected chi connectivity index (χ4v) is 0. The second-order valence-corrected chi connectivity index (χ2v) is 1.54. The van der Waals surface area contributed by atoms with Crippen LogP contribution in [0.15, 0.2) is 0 Å². The van der Waals surface area contributed by atoms with Gasteiger partial charge in [-0.3, -0.25) is 23.5 Å². The van der Waals surface area contributed by atoms with Crippen molar-refractivity contribution < 1.29 is 42.8 Å². The predicted octanol–water partition coefficient (Wildman–Crippen LogP) is -0.815. The van der Waals surface area contributed by atoms with Crippen molar-refractivity contribution in [2.45, 2.75) is 0 Å². The topological polar surface area (TPSA) is 77.8 Å². The zero-order valence-electron chi connectivity index (χ0n) is 4.24. The van der Waals surface area contributed by atoms with Crippen LogP contribution in [0.5, 0.6) is 0 Å². The molecule has 0 aromatic rings. The maximum absolute atomic E-state index is 8.88. The summed E-state index contributed by atoms with van der Waals surface area (Å²) in [5, 5.41) is 0. The van der Waals surface area contributed by atoms with Crippen molar-refractivity contribution in [1.82, 2.24) is 0 Å². The summed E-state index contributed by atoms with van der Waals surface area (Å²) in [7, 11) is -4.64. The van der Waals surface area contributed by atoms with E-state index in [-0.39, 0.29) is 42.4 Å². The molecule has 0 radical (unpaired) electrons. The standard InChI is InChI=1S/5FH.Li.H3O4P.H/c;;;;;;1-5(2,3)4;/h5*1H;;(H3,1,2,3,4);. The molecule has 0 heterocycles. The summed E-state index contributed by atoms with van der Waals surface area (Å²) in [4.78, 5) is 21.6. The van der Waals surface area contributed by atoms with Gasteiger partial charge in [0.25, 0.3) is 0 Å². The van der Waals surface area contributed by atoms with Crippen molar-refractivity contribution in [2.75, 3.05) is 0 Å². The molecule has 74 valence electrons. The van der Waals surface area contributed by atoms with Gasteiger partial charge in [-0.1, -0.05) is 0 Å². The molecule has 0 fully saturated rings. The van der Waals surface area contributed by atoms with Crippen LogP contribution in [-0.2, 0) is 4.57 Å². The molecule has 11 heavy (non-hydrogen) atoms. The van der Waals surface area contributed by atoms with Crippen LogP contribution in [0.2, 0.25) is 0 Å². The van der Waals surface area contributed by atoms with E-state index < -0.39 is 7.82 Å². The normalized spacial score (nSPS) is 5.36. The van der Waals surface area contributed by atoms with Gasteiger partial charge in [-0.25, -0.2) is 4.57 Å². The molecule has 0 spiro atoms. The third-order valence-corrected chi connectivity index (χ3v) is 0. The van der Waals surface area contributed by atoms with Crippen molar-refractivity contribution in [1.29, 1.82) is 0 Å². The van der Waals surface area contributed by atoms with Gasteiger partial charge in [0.2, 0.25) is 0 Å². The van der Waals surface area contributed by atoms with Crippen molar-refractivity contribution in [3.63, 3.8) is 0 Å². The molecule has 0 aliphatic rings. The molecule has 0 aliphatic carbocycles. The quantitative estimate of drug-likeness (QED) is 0.275. The van der Waals surface area contributed by atoms with Gasteiger partial charge in [-0.2, -0.15) is 0 Å². The molecular formula is H9F5LiO4P. The average Bonchev–Trinajstić information content (AvgIpc) is 0.722. The molecular weight excluding hydrogens is 197 g/mol. The number of phosphoric acid groups is 1. The number of hydrogen-bond donors (Lipinski definition) is 3. The molecule has 0 aliphatic heterocycles. The molecule has 11 heteroatoms. The molecule has 4 nitrogen and oxygen atoms in total. The number of halogens is 5. The zero-order valence-corrected chi connectivity index (χ0v) is 5.13. The van der Waals surface area contributed by atoms with Gasteiger partial charge in [-0.05, 0) is 0 Å². The van der Waals surface area contributed by atoms with E-state index in [1.54, 1.807) is 0 Å². The van der Waals surface area contributed by atoms with Gasteiger partial charge in [0.05, 0.1) is 0 Å². The molecule has 0 aromatic carbocycles. The van der Waals surface area contributed by atoms with E-state index in [2.05, 4.69) is 0 Å². The minimum atomic E-state index is -4.64. The molecule has 3 N–H and O–H groups in total.